The number of amides is 1. The summed E-state index contributed by atoms with van der Waals surface area (Å²) in [6.45, 7) is 6.04. The summed E-state index contributed by atoms with van der Waals surface area (Å²) >= 11 is 0. The second-order valence-corrected chi connectivity index (χ2v) is 7.52. The molecule has 1 saturated heterocycles. The highest BCUT2D eigenvalue weighted by atomic mass is 16.5. The van der Waals surface area contributed by atoms with Crippen molar-refractivity contribution >= 4 is 17.6 Å². The Labute approximate surface area is 170 Å². The number of piperidine rings is 1. The first kappa shape index (κ1) is 20.8. The lowest BCUT2D eigenvalue weighted by Crippen LogP contribution is -2.36. The number of carbonyl (C=O) groups is 2. The number of carbonyl (C=O) groups excluding carboxylic acids is 2. The molecule has 2 aromatic rings. The van der Waals surface area contributed by atoms with Gasteiger partial charge in [0.15, 0.2) is 0 Å². The highest BCUT2D eigenvalue weighted by Crippen LogP contribution is 2.19. The zero-order chi connectivity index (χ0) is 21.0. The van der Waals surface area contributed by atoms with Crippen molar-refractivity contribution in [2.24, 2.45) is 5.92 Å². The van der Waals surface area contributed by atoms with Crippen LogP contribution in [0.2, 0.25) is 0 Å². The number of hydrogen-bond donors (Lipinski definition) is 2. The van der Waals surface area contributed by atoms with Gasteiger partial charge >= 0.3 is 5.97 Å². The van der Waals surface area contributed by atoms with Crippen LogP contribution >= 0.6 is 0 Å². The zero-order valence-corrected chi connectivity index (χ0v) is 17.1. The Morgan fingerprint density at radius 3 is 2.69 bits per heavy atom. The predicted molar refractivity (Wildman–Crippen MR) is 112 cm³/mol. The van der Waals surface area contributed by atoms with Crippen molar-refractivity contribution < 1.29 is 14.3 Å². The second-order valence-electron chi connectivity index (χ2n) is 7.52. The number of rotatable bonds is 5. The van der Waals surface area contributed by atoms with Crippen LogP contribution in [0.25, 0.3) is 0 Å². The van der Waals surface area contributed by atoms with Gasteiger partial charge in [-0.05, 0) is 81.1 Å². The number of nitrogens with one attached hydrogen (secondary N) is 2. The summed E-state index contributed by atoms with van der Waals surface area (Å²) < 4.78 is 6.35. The van der Waals surface area contributed by atoms with Gasteiger partial charge in [-0.25, -0.2) is 4.79 Å². The molecule has 0 saturated carbocycles. The molecule has 1 aliphatic heterocycles. The highest BCUT2D eigenvalue weighted by molar-refractivity contribution is 6.05. The zero-order valence-electron chi connectivity index (χ0n) is 17.1. The predicted octanol–water partition coefficient (Wildman–Crippen LogP) is 2.50. The van der Waals surface area contributed by atoms with E-state index in [1.807, 2.05) is 0 Å². The monoisotopic (exact) mass is 397 g/mol. The summed E-state index contributed by atoms with van der Waals surface area (Å²) in [6, 6.07) is 6.68. The molecular weight excluding hydrogens is 370 g/mol. The van der Waals surface area contributed by atoms with E-state index in [9.17, 15) is 14.4 Å². The van der Waals surface area contributed by atoms with E-state index < -0.39 is 11.9 Å². The van der Waals surface area contributed by atoms with E-state index in [0.717, 1.165) is 25.9 Å². The van der Waals surface area contributed by atoms with E-state index in [2.05, 4.69) is 10.6 Å². The number of esters is 1. The standard InChI is InChI=1S/C22H27N3O4/c1-14-8-10-25(13-16-5-4-9-23-12-16)21(27)19(14)20(26)24-18-7-6-17(11-15(18)2)22(28)29-3/h6-8,10-11,16,23H,4-5,9,12-13H2,1-3H3,(H,24,26). The molecule has 3 rings (SSSR count). The van der Waals surface area contributed by atoms with Crippen LogP contribution in [-0.4, -0.2) is 36.6 Å². The fourth-order valence-corrected chi connectivity index (χ4v) is 3.68. The van der Waals surface area contributed by atoms with Gasteiger partial charge in [0.2, 0.25) is 0 Å². The molecule has 1 aromatic carbocycles. The molecule has 29 heavy (non-hydrogen) atoms. The minimum absolute atomic E-state index is 0.146. The van der Waals surface area contributed by atoms with E-state index in [1.165, 1.54) is 7.11 Å². The third-order valence-electron chi connectivity index (χ3n) is 5.35. The van der Waals surface area contributed by atoms with Crippen molar-refractivity contribution in [1.29, 1.82) is 0 Å². The van der Waals surface area contributed by atoms with Crippen molar-refractivity contribution in [3.05, 3.63) is 63.1 Å². The van der Waals surface area contributed by atoms with Gasteiger partial charge in [-0.15, -0.1) is 0 Å². The van der Waals surface area contributed by atoms with E-state index in [0.29, 0.717) is 34.8 Å². The molecule has 0 bridgehead atoms. The Bertz CT molecular complexity index is 975. The molecule has 1 fully saturated rings. The Morgan fingerprint density at radius 1 is 1.24 bits per heavy atom. The molecule has 1 amide bonds. The first-order valence-electron chi connectivity index (χ1n) is 9.81. The number of methoxy groups -OCH3 is 1. The molecule has 0 spiro atoms. The molecule has 2 N–H and O–H groups in total. The Hall–Kier alpha value is -2.93. The van der Waals surface area contributed by atoms with Crippen LogP contribution in [0.1, 0.15) is 44.7 Å². The van der Waals surface area contributed by atoms with E-state index in [1.54, 1.807) is 48.9 Å². The largest absolute Gasteiger partial charge is 0.465 e. The molecule has 1 atom stereocenters. The van der Waals surface area contributed by atoms with Crippen LogP contribution in [0.5, 0.6) is 0 Å². The molecule has 0 radical (unpaired) electrons. The maximum atomic E-state index is 13.0. The van der Waals surface area contributed by atoms with Crippen LogP contribution in [0.3, 0.4) is 0 Å². The summed E-state index contributed by atoms with van der Waals surface area (Å²) in [5.41, 5.74) is 2.16. The third kappa shape index (κ3) is 4.74. The number of nitrogens with zero attached hydrogens (tertiary/aromatic N) is 1. The van der Waals surface area contributed by atoms with Crippen LogP contribution in [-0.2, 0) is 11.3 Å². The lowest BCUT2D eigenvalue weighted by molar-refractivity contribution is 0.0600. The van der Waals surface area contributed by atoms with Gasteiger partial charge in [0, 0.05) is 18.4 Å². The van der Waals surface area contributed by atoms with Crippen molar-refractivity contribution in [3.8, 4) is 0 Å². The Balaban J connectivity index is 1.82. The van der Waals surface area contributed by atoms with Crippen LogP contribution in [0, 0.1) is 19.8 Å². The maximum absolute atomic E-state index is 13.0. The van der Waals surface area contributed by atoms with Gasteiger partial charge in [-0.1, -0.05) is 0 Å². The van der Waals surface area contributed by atoms with Crippen molar-refractivity contribution in [1.82, 2.24) is 9.88 Å². The lowest BCUT2D eigenvalue weighted by Gasteiger charge is -2.23. The molecular formula is C22H27N3O4. The Morgan fingerprint density at radius 2 is 2.03 bits per heavy atom. The highest BCUT2D eigenvalue weighted by Gasteiger charge is 2.20. The first-order valence-corrected chi connectivity index (χ1v) is 9.81. The van der Waals surface area contributed by atoms with Crippen LogP contribution < -0.4 is 16.2 Å². The molecule has 0 aliphatic carbocycles. The molecule has 1 unspecified atom stereocenters. The van der Waals surface area contributed by atoms with Crippen LogP contribution in [0.15, 0.2) is 35.3 Å². The number of aryl methyl sites for hydroxylation is 2. The van der Waals surface area contributed by atoms with Gasteiger partial charge < -0.3 is 19.9 Å². The average Bonchev–Trinajstić information content (AvgIpc) is 2.72. The molecule has 1 aromatic heterocycles. The molecule has 2 heterocycles. The smallest absolute Gasteiger partial charge is 0.337 e. The van der Waals surface area contributed by atoms with Crippen molar-refractivity contribution in [2.45, 2.75) is 33.2 Å². The van der Waals surface area contributed by atoms with Gasteiger partial charge in [-0.3, -0.25) is 9.59 Å². The summed E-state index contributed by atoms with van der Waals surface area (Å²) in [6.07, 6.45) is 3.93. The summed E-state index contributed by atoms with van der Waals surface area (Å²) in [4.78, 5) is 37.5. The minimum atomic E-state index is -0.447. The second kappa shape index (κ2) is 9.05. The normalized spacial score (nSPS) is 16.3. The van der Waals surface area contributed by atoms with E-state index >= 15 is 0 Å². The fourth-order valence-electron chi connectivity index (χ4n) is 3.68. The summed E-state index contributed by atoms with van der Waals surface area (Å²) in [5.74, 6) is -0.504. The molecule has 7 heteroatoms. The molecule has 154 valence electrons. The quantitative estimate of drug-likeness (QED) is 0.757. The average molecular weight is 397 g/mol. The van der Waals surface area contributed by atoms with Crippen LogP contribution in [0.4, 0.5) is 5.69 Å². The fraction of sp³-hybridized carbons (Fsp3) is 0.409. The van der Waals surface area contributed by atoms with Gasteiger partial charge in [0.1, 0.15) is 5.56 Å². The SMILES string of the molecule is COC(=O)c1ccc(NC(=O)c2c(C)ccn(CC3CCCNC3)c2=O)c(C)c1. The van der Waals surface area contributed by atoms with E-state index in [-0.39, 0.29) is 11.1 Å². The first-order chi connectivity index (χ1) is 13.9. The van der Waals surface area contributed by atoms with Gasteiger partial charge in [0.05, 0.1) is 12.7 Å². The number of ether oxygens (including phenoxy) is 1. The van der Waals surface area contributed by atoms with Gasteiger partial charge in [-0.2, -0.15) is 0 Å². The number of hydrogen-bond acceptors (Lipinski definition) is 5. The third-order valence-corrected chi connectivity index (χ3v) is 5.35. The molecule has 1 aliphatic rings. The number of anilines is 1. The summed E-state index contributed by atoms with van der Waals surface area (Å²) in [7, 11) is 1.32. The van der Waals surface area contributed by atoms with Crippen molar-refractivity contribution in [3.63, 3.8) is 0 Å². The minimum Gasteiger partial charge on any atom is -0.465 e. The van der Waals surface area contributed by atoms with Crippen molar-refractivity contribution in [2.75, 3.05) is 25.5 Å². The van der Waals surface area contributed by atoms with Gasteiger partial charge in [0.25, 0.3) is 11.5 Å². The number of benzene rings is 1. The Kier molecular flexibility index (Phi) is 6.49. The maximum Gasteiger partial charge on any atom is 0.337 e. The number of pyridine rings is 1. The van der Waals surface area contributed by atoms with E-state index in [4.69, 9.17) is 4.74 Å². The topological polar surface area (TPSA) is 89.4 Å². The molecule has 7 nitrogen and oxygen atoms in total. The number of aromatic nitrogens is 1. The lowest BCUT2D eigenvalue weighted by atomic mass is 9.99. The summed E-state index contributed by atoms with van der Waals surface area (Å²) in [5, 5.41) is 6.16.